The largest absolute Gasteiger partial charge is 0.327 e. The summed E-state index contributed by atoms with van der Waals surface area (Å²) < 4.78 is 23.1. The zero-order valence-electron chi connectivity index (χ0n) is 11.7. The summed E-state index contributed by atoms with van der Waals surface area (Å²) in [5.41, 5.74) is 6.56. The Hall–Kier alpha value is -0.130. The zero-order valence-corrected chi connectivity index (χ0v) is 12.5. The second kappa shape index (κ2) is 4.76. The minimum absolute atomic E-state index is 0.139. The Balaban J connectivity index is 1.95. The van der Waals surface area contributed by atoms with Gasteiger partial charge in [-0.1, -0.05) is 13.8 Å². The van der Waals surface area contributed by atoms with E-state index in [9.17, 15) is 8.42 Å². The highest BCUT2D eigenvalue weighted by Gasteiger charge is 2.41. The topological polar surface area (TPSA) is 63.4 Å². The van der Waals surface area contributed by atoms with Crippen molar-refractivity contribution in [2.75, 3.05) is 24.6 Å². The molecule has 2 N–H and O–H groups in total. The van der Waals surface area contributed by atoms with Crippen LogP contribution in [-0.2, 0) is 9.84 Å². The van der Waals surface area contributed by atoms with E-state index >= 15 is 0 Å². The van der Waals surface area contributed by atoms with E-state index in [2.05, 4.69) is 18.7 Å². The maximum absolute atomic E-state index is 11.6. The van der Waals surface area contributed by atoms with Crippen LogP contribution in [0.3, 0.4) is 0 Å². The van der Waals surface area contributed by atoms with Crippen LogP contribution in [0.5, 0.6) is 0 Å². The van der Waals surface area contributed by atoms with Gasteiger partial charge < -0.3 is 5.73 Å². The quantitative estimate of drug-likeness (QED) is 0.811. The molecular weight excluding hydrogens is 248 g/mol. The summed E-state index contributed by atoms with van der Waals surface area (Å²) >= 11 is 0. The van der Waals surface area contributed by atoms with Gasteiger partial charge in [-0.3, -0.25) is 4.90 Å². The second-order valence-corrected chi connectivity index (χ2v) is 9.00. The third-order valence-electron chi connectivity index (χ3n) is 4.85. The lowest BCUT2D eigenvalue weighted by molar-refractivity contribution is 0.174. The van der Waals surface area contributed by atoms with E-state index in [1.165, 1.54) is 12.8 Å². The van der Waals surface area contributed by atoms with Gasteiger partial charge in [-0.2, -0.15) is 0 Å². The molecule has 1 aliphatic heterocycles. The van der Waals surface area contributed by atoms with Gasteiger partial charge in [0, 0.05) is 25.2 Å². The van der Waals surface area contributed by atoms with E-state index < -0.39 is 9.84 Å². The van der Waals surface area contributed by atoms with Gasteiger partial charge >= 0.3 is 0 Å². The number of hydrogen-bond donors (Lipinski definition) is 1. The average Bonchev–Trinajstić information content (AvgIpc) is 2.48. The van der Waals surface area contributed by atoms with E-state index in [4.69, 9.17) is 5.73 Å². The minimum Gasteiger partial charge on any atom is -0.327 e. The monoisotopic (exact) mass is 274 g/mol. The maximum atomic E-state index is 11.6. The lowest BCUT2D eigenvalue weighted by Crippen LogP contribution is -2.51. The SMILES string of the molecule is CC1CS(=O)(=O)CCN1CC1CCC(C)(C)C1N. The van der Waals surface area contributed by atoms with Gasteiger partial charge in [-0.15, -0.1) is 0 Å². The molecular formula is C13H26N2O2S. The van der Waals surface area contributed by atoms with Crippen molar-refractivity contribution in [2.24, 2.45) is 17.1 Å². The molecule has 2 fully saturated rings. The molecule has 0 spiro atoms. The molecule has 2 rings (SSSR count). The molecule has 1 heterocycles. The Morgan fingerprint density at radius 1 is 1.39 bits per heavy atom. The average molecular weight is 274 g/mol. The van der Waals surface area contributed by atoms with Gasteiger partial charge in [0.15, 0.2) is 9.84 Å². The van der Waals surface area contributed by atoms with Crippen LogP contribution in [0.25, 0.3) is 0 Å². The van der Waals surface area contributed by atoms with Gasteiger partial charge in [0.25, 0.3) is 0 Å². The maximum Gasteiger partial charge on any atom is 0.153 e. The van der Waals surface area contributed by atoms with Crippen molar-refractivity contribution in [1.29, 1.82) is 0 Å². The fraction of sp³-hybridized carbons (Fsp3) is 1.00. The lowest BCUT2D eigenvalue weighted by atomic mass is 9.85. The Kier molecular flexibility index (Phi) is 3.78. The summed E-state index contributed by atoms with van der Waals surface area (Å²) in [6, 6.07) is 0.378. The first kappa shape index (κ1) is 14.3. The minimum atomic E-state index is -2.81. The van der Waals surface area contributed by atoms with Crippen molar-refractivity contribution < 1.29 is 8.42 Å². The van der Waals surface area contributed by atoms with E-state index in [-0.39, 0.29) is 17.5 Å². The van der Waals surface area contributed by atoms with Crippen LogP contribution in [0.4, 0.5) is 0 Å². The first-order chi connectivity index (χ1) is 8.21. The standard InChI is InChI=1S/C13H26N2O2S/c1-10-9-18(16,17)7-6-15(10)8-11-4-5-13(2,3)12(11)14/h10-12H,4-9,14H2,1-3H3. The molecule has 0 radical (unpaired) electrons. The van der Waals surface area contributed by atoms with Crippen molar-refractivity contribution in [3.8, 4) is 0 Å². The normalized spacial score (nSPS) is 39.9. The van der Waals surface area contributed by atoms with Crippen LogP contribution in [0, 0.1) is 11.3 Å². The van der Waals surface area contributed by atoms with Crippen molar-refractivity contribution in [3.63, 3.8) is 0 Å². The molecule has 1 saturated carbocycles. The first-order valence-corrected chi connectivity index (χ1v) is 8.73. The number of nitrogens with two attached hydrogens (primary N) is 1. The molecule has 0 aromatic heterocycles. The van der Waals surface area contributed by atoms with E-state index in [0.29, 0.717) is 24.0 Å². The third-order valence-corrected chi connectivity index (χ3v) is 6.64. The molecule has 0 aromatic rings. The van der Waals surface area contributed by atoms with Crippen LogP contribution in [-0.4, -0.2) is 50.0 Å². The molecule has 1 saturated heterocycles. The summed E-state index contributed by atoms with van der Waals surface area (Å²) in [4.78, 5) is 2.31. The molecule has 0 amide bonds. The van der Waals surface area contributed by atoms with Crippen LogP contribution in [0.1, 0.15) is 33.6 Å². The highest BCUT2D eigenvalue weighted by atomic mass is 32.2. The molecule has 0 bridgehead atoms. The van der Waals surface area contributed by atoms with Gasteiger partial charge in [0.05, 0.1) is 11.5 Å². The summed E-state index contributed by atoms with van der Waals surface area (Å²) in [7, 11) is -2.81. The van der Waals surface area contributed by atoms with E-state index in [0.717, 1.165) is 6.54 Å². The first-order valence-electron chi connectivity index (χ1n) is 6.91. The summed E-state index contributed by atoms with van der Waals surface area (Å²) in [5.74, 6) is 1.13. The zero-order chi connectivity index (χ0) is 13.6. The summed E-state index contributed by atoms with van der Waals surface area (Å²) in [5, 5.41) is 0. The second-order valence-electron chi connectivity index (χ2n) is 6.77. The Morgan fingerprint density at radius 3 is 2.56 bits per heavy atom. The van der Waals surface area contributed by atoms with Crippen molar-refractivity contribution in [3.05, 3.63) is 0 Å². The Morgan fingerprint density at radius 2 is 2.06 bits per heavy atom. The highest BCUT2D eigenvalue weighted by Crippen LogP contribution is 2.40. The predicted molar refractivity (Wildman–Crippen MR) is 74.2 cm³/mol. The van der Waals surface area contributed by atoms with Gasteiger partial charge in [0.1, 0.15) is 0 Å². The number of rotatable bonds is 2. The fourth-order valence-corrected chi connectivity index (χ4v) is 4.98. The highest BCUT2D eigenvalue weighted by molar-refractivity contribution is 7.91. The third kappa shape index (κ3) is 2.89. The van der Waals surface area contributed by atoms with Crippen molar-refractivity contribution >= 4 is 9.84 Å². The lowest BCUT2D eigenvalue weighted by Gasteiger charge is -2.37. The van der Waals surface area contributed by atoms with E-state index in [1.54, 1.807) is 0 Å². The molecule has 106 valence electrons. The molecule has 18 heavy (non-hydrogen) atoms. The molecule has 5 heteroatoms. The van der Waals surface area contributed by atoms with E-state index in [1.807, 2.05) is 6.92 Å². The van der Waals surface area contributed by atoms with Gasteiger partial charge in [-0.25, -0.2) is 8.42 Å². The molecule has 0 aromatic carbocycles. The Labute approximate surface area is 111 Å². The van der Waals surface area contributed by atoms with Crippen molar-refractivity contribution in [1.82, 2.24) is 4.90 Å². The van der Waals surface area contributed by atoms with Crippen LogP contribution >= 0.6 is 0 Å². The molecule has 3 unspecified atom stereocenters. The smallest absolute Gasteiger partial charge is 0.153 e. The van der Waals surface area contributed by atoms with Crippen molar-refractivity contribution in [2.45, 2.75) is 45.7 Å². The fourth-order valence-electron chi connectivity index (χ4n) is 3.35. The molecule has 4 nitrogen and oxygen atoms in total. The number of hydrogen-bond acceptors (Lipinski definition) is 4. The predicted octanol–water partition coefficient (Wildman–Crippen LogP) is 0.869. The number of nitrogens with zero attached hydrogens (tertiary/aromatic N) is 1. The molecule has 1 aliphatic carbocycles. The van der Waals surface area contributed by atoms with Crippen LogP contribution < -0.4 is 5.73 Å². The summed E-state index contributed by atoms with van der Waals surface area (Å²) in [6.45, 7) is 8.13. The number of sulfone groups is 1. The Bertz CT molecular complexity index is 405. The van der Waals surface area contributed by atoms with Crippen LogP contribution in [0.15, 0.2) is 0 Å². The van der Waals surface area contributed by atoms with Gasteiger partial charge in [0.2, 0.25) is 0 Å². The summed E-state index contributed by atoms with van der Waals surface area (Å²) in [6.07, 6.45) is 2.35. The molecule has 2 aliphatic rings. The van der Waals surface area contributed by atoms with Crippen LogP contribution in [0.2, 0.25) is 0 Å². The van der Waals surface area contributed by atoms with Gasteiger partial charge in [-0.05, 0) is 31.1 Å². The molecule has 3 atom stereocenters.